The summed E-state index contributed by atoms with van der Waals surface area (Å²) in [5.41, 5.74) is 7.10. The van der Waals surface area contributed by atoms with Gasteiger partial charge in [-0.25, -0.2) is 9.97 Å². The lowest BCUT2D eigenvalue weighted by molar-refractivity contribution is 0.550. The number of nitrogens with zero attached hydrogens (tertiary/aromatic N) is 3. The molecule has 1 atom stereocenters. The minimum Gasteiger partial charge on any atom is -0.383 e. The summed E-state index contributed by atoms with van der Waals surface area (Å²) in [5, 5.41) is 0. The predicted octanol–water partition coefficient (Wildman–Crippen LogP) is 2.78. The number of rotatable bonds is 3. The summed E-state index contributed by atoms with van der Waals surface area (Å²) in [4.78, 5) is 11.1. The Morgan fingerprint density at radius 2 is 2.11 bits per heavy atom. The Morgan fingerprint density at radius 3 is 2.83 bits per heavy atom. The fourth-order valence-corrected chi connectivity index (χ4v) is 2.88. The summed E-state index contributed by atoms with van der Waals surface area (Å²) in [5.74, 6) is 1.71. The van der Waals surface area contributed by atoms with E-state index in [0.29, 0.717) is 11.9 Å². The van der Waals surface area contributed by atoms with Gasteiger partial charge in [-0.3, -0.25) is 0 Å². The van der Waals surface area contributed by atoms with E-state index in [-0.39, 0.29) is 0 Å². The van der Waals surface area contributed by atoms with Crippen LogP contribution in [0, 0.1) is 0 Å². The molecule has 0 saturated carbocycles. The van der Waals surface area contributed by atoms with Crippen molar-refractivity contribution in [2.45, 2.75) is 58.4 Å². The van der Waals surface area contributed by atoms with E-state index in [0.717, 1.165) is 24.3 Å². The lowest BCUT2D eigenvalue weighted by Crippen LogP contribution is -2.36. The summed E-state index contributed by atoms with van der Waals surface area (Å²) >= 11 is 0. The molecule has 100 valence electrons. The molecule has 4 nitrogen and oxygen atoms in total. The standard InChI is InChI=1S/C14H24N4/c1-3-11-8-6-5-7-9-18(11)14-12(4-2)13(15)16-10-17-14/h10-11H,3-9H2,1-2H3,(H2,15,16,17). The van der Waals surface area contributed by atoms with Crippen LogP contribution in [0.4, 0.5) is 11.6 Å². The number of nitrogens with two attached hydrogens (primary N) is 1. The van der Waals surface area contributed by atoms with Gasteiger partial charge in [0.1, 0.15) is 18.0 Å². The van der Waals surface area contributed by atoms with Crippen LogP contribution >= 0.6 is 0 Å². The second kappa shape index (κ2) is 6.03. The van der Waals surface area contributed by atoms with E-state index in [9.17, 15) is 0 Å². The Morgan fingerprint density at radius 1 is 1.28 bits per heavy atom. The van der Waals surface area contributed by atoms with Crippen molar-refractivity contribution in [3.8, 4) is 0 Å². The van der Waals surface area contributed by atoms with Crippen LogP contribution in [-0.4, -0.2) is 22.6 Å². The fraction of sp³-hybridized carbons (Fsp3) is 0.714. The molecule has 2 rings (SSSR count). The van der Waals surface area contributed by atoms with Crippen LogP contribution in [0.5, 0.6) is 0 Å². The van der Waals surface area contributed by atoms with Crippen molar-refractivity contribution >= 4 is 11.6 Å². The van der Waals surface area contributed by atoms with Crippen LogP contribution < -0.4 is 10.6 Å². The Bertz CT molecular complexity index is 391. The maximum Gasteiger partial charge on any atom is 0.137 e. The minimum atomic E-state index is 0.604. The maximum atomic E-state index is 5.99. The zero-order valence-corrected chi connectivity index (χ0v) is 11.5. The first-order valence-corrected chi connectivity index (χ1v) is 7.13. The molecule has 0 spiro atoms. The van der Waals surface area contributed by atoms with Crippen molar-refractivity contribution in [1.82, 2.24) is 9.97 Å². The van der Waals surface area contributed by atoms with Gasteiger partial charge >= 0.3 is 0 Å². The lowest BCUT2D eigenvalue weighted by Gasteiger charge is -2.32. The summed E-state index contributed by atoms with van der Waals surface area (Å²) in [6, 6.07) is 0.604. The molecule has 0 aromatic carbocycles. The average Bonchev–Trinajstić information content (AvgIpc) is 2.63. The van der Waals surface area contributed by atoms with E-state index in [1.54, 1.807) is 6.33 Å². The Hall–Kier alpha value is -1.32. The van der Waals surface area contributed by atoms with Gasteiger partial charge in [0.05, 0.1) is 0 Å². The molecule has 0 amide bonds. The molecule has 18 heavy (non-hydrogen) atoms. The van der Waals surface area contributed by atoms with Crippen LogP contribution in [0.3, 0.4) is 0 Å². The molecule has 1 aliphatic heterocycles. The van der Waals surface area contributed by atoms with Crippen LogP contribution in [0.2, 0.25) is 0 Å². The zero-order valence-electron chi connectivity index (χ0n) is 11.5. The molecular weight excluding hydrogens is 224 g/mol. The first kappa shape index (κ1) is 13.1. The van der Waals surface area contributed by atoms with Gasteiger partial charge in [0.15, 0.2) is 0 Å². The smallest absolute Gasteiger partial charge is 0.137 e. The fourth-order valence-electron chi connectivity index (χ4n) is 2.88. The van der Waals surface area contributed by atoms with E-state index in [4.69, 9.17) is 5.73 Å². The van der Waals surface area contributed by atoms with E-state index in [1.807, 2.05) is 0 Å². The van der Waals surface area contributed by atoms with Gasteiger partial charge in [0.25, 0.3) is 0 Å². The molecule has 0 aliphatic carbocycles. The molecular formula is C14H24N4. The van der Waals surface area contributed by atoms with Gasteiger partial charge in [0.2, 0.25) is 0 Å². The SMILES string of the molecule is CCc1c(N)ncnc1N1CCCCCC1CC. The van der Waals surface area contributed by atoms with E-state index in [1.165, 1.54) is 32.1 Å². The van der Waals surface area contributed by atoms with Crippen LogP contribution in [0.1, 0.15) is 51.5 Å². The molecule has 1 aromatic heterocycles. The van der Waals surface area contributed by atoms with E-state index in [2.05, 4.69) is 28.7 Å². The summed E-state index contributed by atoms with van der Waals surface area (Å²) in [6.07, 6.45) is 8.85. The van der Waals surface area contributed by atoms with E-state index >= 15 is 0 Å². The first-order chi connectivity index (χ1) is 8.77. The van der Waals surface area contributed by atoms with Gasteiger partial charge in [-0.15, -0.1) is 0 Å². The maximum absolute atomic E-state index is 5.99. The van der Waals surface area contributed by atoms with Crippen molar-refractivity contribution in [3.05, 3.63) is 11.9 Å². The third-order valence-corrected chi connectivity index (χ3v) is 3.93. The molecule has 1 aliphatic rings. The number of hydrogen-bond acceptors (Lipinski definition) is 4. The zero-order chi connectivity index (χ0) is 13.0. The third kappa shape index (κ3) is 2.57. The minimum absolute atomic E-state index is 0.604. The highest BCUT2D eigenvalue weighted by molar-refractivity contribution is 5.57. The number of hydrogen-bond donors (Lipinski definition) is 1. The van der Waals surface area contributed by atoms with Crippen LogP contribution in [0.15, 0.2) is 6.33 Å². The Balaban J connectivity index is 2.35. The quantitative estimate of drug-likeness (QED) is 0.893. The molecule has 4 heteroatoms. The van der Waals surface area contributed by atoms with Crippen molar-refractivity contribution in [1.29, 1.82) is 0 Å². The Kier molecular flexibility index (Phi) is 4.39. The topological polar surface area (TPSA) is 55.0 Å². The number of anilines is 2. The van der Waals surface area contributed by atoms with Gasteiger partial charge < -0.3 is 10.6 Å². The van der Waals surface area contributed by atoms with Gasteiger partial charge in [-0.2, -0.15) is 0 Å². The largest absolute Gasteiger partial charge is 0.383 e. The molecule has 0 radical (unpaired) electrons. The second-order valence-electron chi connectivity index (χ2n) is 5.02. The van der Waals surface area contributed by atoms with Gasteiger partial charge in [-0.1, -0.05) is 26.7 Å². The monoisotopic (exact) mass is 248 g/mol. The third-order valence-electron chi connectivity index (χ3n) is 3.93. The highest BCUT2D eigenvalue weighted by Crippen LogP contribution is 2.29. The molecule has 1 aromatic rings. The second-order valence-corrected chi connectivity index (χ2v) is 5.02. The molecule has 2 N–H and O–H groups in total. The summed E-state index contributed by atoms with van der Waals surface area (Å²) in [6.45, 7) is 5.48. The summed E-state index contributed by atoms with van der Waals surface area (Å²) < 4.78 is 0. The predicted molar refractivity (Wildman–Crippen MR) is 75.7 cm³/mol. The van der Waals surface area contributed by atoms with Gasteiger partial charge in [-0.05, 0) is 25.7 Å². The van der Waals surface area contributed by atoms with Crippen molar-refractivity contribution in [2.24, 2.45) is 0 Å². The van der Waals surface area contributed by atoms with Crippen molar-refractivity contribution in [2.75, 3.05) is 17.2 Å². The van der Waals surface area contributed by atoms with Crippen LogP contribution in [-0.2, 0) is 6.42 Å². The average molecular weight is 248 g/mol. The van der Waals surface area contributed by atoms with Gasteiger partial charge in [0, 0.05) is 18.2 Å². The van der Waals surface area contributed by atoms with E-state index < -0.39 is 0 Å². The number of aromatic nitrogens is 2. The molecule has 0 bridgehead atoms. The molecule has 1 saturated heterocycles. The normalized spacial score (nSPS) is 20.8. The lowest BCUT2D eigenvalue weighted by atomic mass is 10.1. The van der Waals surface area contributed by atoms with Crippen molar-refractivity contribution in [3.63, 3.8) is 0 Å². The first-order valence-electron chi connectivity index (χ1n) is 7.13. The number of nitrogen functional groups attached to an aromatic ring is 1. The molecule has 2 heterocycles. The Labute approximate surface area is 110 Å². The van der Waals surface area contributed by atoms with Crippen LogP contribution in [0.25, 0.3) is 0 Å². The van der Waals surface area contributed by atoms with Crippen molar-refractivity contribution < 1.29 is 0 Å². The molecule has 1 unspecified atom stereocenters. The highest BCUT2D eigenvalue weighted by Gasteiger charge is 2.23. The highest BCUT2D eigenvalue weighted by atomic mass is 15.2. The molecule has 1 fully saturated rings. The summed E-state index contributed by atoms with van der Waals surface area (Å²) in [7, 11) is 0.